The lowest BCUT2D eigenvalue weighted by atomic mass is 10.0. The molecule has 3 heterocycles. The number of rotatable bonds is 6. The predicted molar refractivity (Wildman–Crippen MR) is 124 cm³/mol. The largest absolute Gasteiger partial charge is 0.373 e. The first-order chi connectivity index (χ1) is 16.0. The van der Waals surface area contributed by atoms with Crippen LogP contribution in [0.3, 0.4) is 0 Å². The van der Waals surface area contributed by atoms with Crippen molar-refractivity contribution >= 4 is 40.7 Å². The molecule has 0 spiro atoms. The van der Waals surface area contributed by atoms with E-state index in [0.717, 1.165) is 43.6 Å². The standard InChI is InChI=1S/C23H26ClFN6O2/c24-14-8-15(25)10-17(9-14)28-20(13-3-4-13)23(33)29-16-2-1-7-31(11-16)22-18-5-6-19(32)30-21(18)26-12-27-22/h8-10,12-13,16,20,28H,1-7,11H2,(H,29,33)(H,26,27,30,32)/t16-,20-/m1/s1. The Hall–Kier alpha value is -2.94. The van der Waals surface area contributed by atoms with Gasteiger partial charge in [-0.2, -0.15) is 0 Å². The monoisotopic (exact) mass is 472 g/mol. The number of carbonyl (C=O) groups is 2. The van der Waals surface area contributed by atoms with E-state index in [0.29, 0.717) is 35.9 Å². The number of amides is 2. The highest BCUT2D eigenvalue weighted by Crippen LogP contribution is 2.35. The van der Waals surface area contributed by atoms with Gasteiger partial charge in [0.1, 0.15) is 29.8 Å². The maximum absolute atomic E-state index is 13.8. The maximum atomic E-state index is 13.8. The third-order valence-electron chi connectivity index (χ3n) is 6.41. The molecule has 1 aliphatic carbocycles. The minimum absolute atomic E-state index is 0.0332. The number of carbonyl (C=O) groups excluding carboxylic acids is 2. The van der Waals surface area contributed by atoms with Gasteiger partial charge in [0.25, 0.3) is 0 Å². The van der Waals surface area contributed by atoms with Crippen molar-refractivity contribution < 1.29 is 14.0 Å². The van der Waals surface area contributed by atoms with Crippen LogP contribution in [0.15, 0.2) is 24.5 Å². The van der Waals surface area contributed by atoms with Gasteiger partial charge in [0, 0.05) is 41.8 Å². The van der Waals surface area contributed by atoms with Crippen molar-refractivity contribution in [2.45, 2.75) is 50.6 Å². The molecule has 2 aliphatic heterocycles. The molecule has 174 valence electrons. The molecular weight excluding hydrogens is 447 g/mol. The number of anilines is 3. The summed E-state index contributed by atoms with van der Waals surface area (Å²) in [4.78, 5) is 35.8. The first kappa shape index (κ1) is 21.9. The molecule has 2 atom stereocenters. The lowest BCUT2D eigenvalue weighted by molar-refractivity contribution is -0.123. The van der Waals surface area contributed by atoms with E-state index in [1.54, 1.807) is 6.07 Å². The topological polar surface area (TPSA) is 99.2 Å². The van der Waals surface area contributed by atoms with E-state index in [1.165, 1.54) is 18.5 Å². The minimum Gasteiger partial charge on any atom is -0.373 e. The third kappa shape index (κ3) is 5.03. The fourth-order valence-corrected chi connectivity index (χ4v) is 4.89. The van der Waals surface area contributed by atoms with Crippen LogP contribution in [0.5, 0.6) is 0 Å². The molecule has 8 nitrogen and oxygen atoms in total. The fourth-order valence-electron chi connectivity index (χ4n) is 4.67. The Morgan fingerprint density at radius 2 is 2.06 bits per heavy atom. The zero-order chi connectivity index (χ0) is 22.9. The van der Waals surface area contributed by atoms with Gasteiger partial charge in [-0.3, -0.25) is 9.59 Å². The molecule has 1 aromatic carbocycles. The summed E-state index contributed by atoms with van der Waals surface area (Å²) in [6.07, 6.45) is 6.20. The Kier molecular flexibility index (Phi) is 6.05. The average Bonchev–Trinajstić information content (AvgIpc) is 3.61. The van der Waals surface area contributed by atoms with Gasteiger partial charge in [0.2, 0.25) is 11.8 Å². The molecule has 2 aromatic rings. The van der Waals surface area contributed by atoms with Crippen molar-refractivity contribution in [1.82, 2.24) is 15.3 Å². The number of hydrogen-bond donors (Lipinski definition) is 3. The Morgan fingerprint density at radius 3 is 2.85 bits per heavy atom. The molecule has 2 fully saturated rings. The van der Waals surface area contributed by atoms with E-state index < -0.39 is 11.9 Å². The van der Waals surface area contributed by atoms with Crippen LogP contribution in [0.25, 0.3) is 0 Å². The molecule has 3 aliphatic rings. The van der Waals surface area contributed by atoms with Gasteiger partial charge < -0.3 is 20.9 Å². The number of hydrogen-bond acceptors (Lipinski definition) is 6. The highest BCUT2D eigenvalue weighted by Gasteiger charge is 2.37. The van der Waals surface area contributed by atoms with Crippen molar-refractivity contribution in [3.63, 3.8) is 0 Å². The van der Waals surface area contributed by atoms with Crippen LogP contribution < -0.4 is 20.9 Å². The summed E-state index contributed by atoms with van der Waals surface area (Å²) in [7, 11) is 0. The summed E-state index contributed by atoms with van der Waals surface area (Å²) in [5.41, 5.74) is 1.46. The lowest BCUT2D eigenvalue weighted by Crippen LogP contribution is -2.52. The van der Waals surface area contributed by atoms with Crippen molar-refractivity contribution in [1.29, 1.82) is 0 Å². The van der Waals surface area contributed by atoms with Gasteiger partial charge in [-0.15, -0.1) is 0 Å². The van der Waals surface area contributed by atoms with E-state index in [4.69, 9.17) is 11.6 Å². The predicted octanol–water partition coefficient (Wildman–Crippen LogP) is 3.13. The maximum Gasteiger partial charge on any atom is 0.243 e. The molecule has 1 aromatic heterocycles. The molecule has 0 radical (unpaired) electrons. The zero-order valence-electron chi connectivity index (χ0n) is 18.1. The van der Waals surface area contributed by atoms with Crippen LogP contribution in [0.1, 0.15) is 37.7 Å². The van der Waals surface area contributed by atoms with Crippen LogP contribution in [0.2, 0.25) is 5.02 Å². The average molecular weight is 473 g/mol. The third-order valence-corrected chi connectivity index (χ3v) is 6.63. The number of piperidine rings is 1. The zero-order valence-corrected chi connectivity index (χ0v) is 18.9. The van der Waals surface area contributed by atoms with Crippen molar-refractivity contribution in [2.24, 2.45) is 5.92 Å². The molecule has 3 N–H and O–H groups in total. The smallest absolute Gasteiger partial charge is 0.243 e. The van der Waals surface area contributed by atoms with Crippen LogP contribution in [0, 0.1) is 11.7 Å². The van der Waals surface area contributed by atoms with Crippen molar-refractivity contribution in [3.05, 3.63) is 40.9 Å². The fraction of sp³-hybridized carbons (Fsp3) is 0.478. The normalized spacial score (nSPS) is 21.1. The minimum atomic E-state index is -0.438. The Bertz CT molecular complexity index is 1060. The van der Waals surface area contributed by atoms with E-state index in [9.17, 15) is 14.0 Å². The van der Waals surface area contributed by atoms with Gasteiger partial charge in [-0.25, -0.2) is 14.4 Å². The molecular formula is C23H26ClFN6O2. The van der Waals surface area contributed by atoms with E-state index in [2.05, 4.69) is 30.8 Å². The number of aromatic nitrogens is 2. The Balaban J connectivity index is 1.27. The second kappa shape index (κ2) is 9.13. The van der Waals surface area contributed by atoms with Crippen molar-refractivity contribution in [3.8, 4) is 0 Å². The molecule has 10 heteroatoms. The molecule has 5 rings (SSSR count). The SMILES string of the molecule is O=C1CCc2c(ncnc2N2CCC[C@@H](NC(=O)[C@H](Nc3cc(F)cc(Cl)c3)C3CC3)C2)N1. The molecule has 33 heavy (non-hydrogen) atoms. The van der Waals surface area contributed by atoms with Gasteiger partial charge in [0.05, 0.1) is 0 Å². The number of nitrogens with one attached hydrogen (secondary N) is 3. The van der Waals surface area contributed by atoms with E-state index in [-0.39, 0.29) is 23.8 Å². The number of fused-ring (bicyclic) bond motifs is 1. The van der Waals surface area contributed by atoms with Gasteiger partial charge in [0.15, 0.2) is 0 Å². The van der Waals surface area contributed by atoms with Gasteiger partial charge in [-0.1, -0.05) is 11.6 Å². The summed E-state index contributed by atoms with van der Waals surface area (Å²) in [6, 6.07) is 3.77. The van der Waals surface area contributed by atoms with E-state index in [1.807, 2.05) is 0 Å². The van der Waals surface area contributed by atoms with Crippen LogP contribution in [-0.4, -0.2) is 47.0 Å². The van der Waals surface area contributed by atoms with E-state index >= 15 is 0 Å². The number of nitrogens with zero attached hydrogens (tertiary/aromatic N) is 3. The summed E-state index contributed by atoms with van der Waals surface area (Å²) in [6.45, 7) is 1.46. The highest BCUT2D eigenvalue weighted by atomic mass is 35.5. The Morgan fingerprint density at radius 1 is 1.21 bits per heavy atom. The summed E-state index contributed by atoms with van der Waals surface area (Å²) in [5, 5.41) is 9.49. The first-order valence-corrected chi connectivity index (χ1v) is 11.8. The number of benzene rings is 1. The number of halogens is 2. The Labute approximate surface area is 196 Å². The van der Waals surface area contributed by atoms with Gasteiger partial charge in [-0.05, 0) is 56.2 Å². The second-order valence-electron chi connectivity index (χ2n) is 8.98. The molecule has 1 saturated carbocycles. The van der Waals surface area contributed by atoms with Crippen LogP contribution in [0.4, 0.5) is 21.7 Å². The molecule has 0 bridgehead atoms. The van der Waals surface area contributed by atoms with Crippen LogP contribution in [-0.2, 0) is 16.0 Å². The summed E-state index contributed by atoms with van der Waals surface area (Å²) >= 11 is 5.98. The molecule has 2 amide bonds. The second-order valence-corrected chi connectivity index (χ2v) is 9.42. The first-order valence-electron chi connectivity index (χ1n) is 11.4. The van der Waals surface area contributed by atoms with Crippen LogP contribution >= 0.6 is 11.6 Å². The highest BCUT2D eigenvalue weighted by molar-refractivity contribution is 6.30. The molecule has 1 saturated heterocycles. The van der Waals surface area contributed by atoms with Crippen molar-refractivity contribution in [2.75, 3.05) is 28.6 Å². The lowest BCUT2D eigenvalue weighted by Gasteiger charge is -2.36. The summed E-state index contributed by atoms with van der Waals surface area (Å²) in [5.74, 6) is 1.08. The summed E-state index contributed by atoms with van der Waals surface area (Å²) < 4.78 is 13.8. The molecule has 0 unspecified atom stereocenters. The quantitative estimate of drug-likeness (QED) is 0.597. The van der Waals surface area contributed by atoms with Gasteiger partial charge >= 0.3 is 0 Å².